The summed E-state index contributed by atoms with van der Waals surface area (Å²) in [5.74, 6) is -0.0177. The van der Waals surface area contributed by atoms with E-state index in [2.05, 4.69) is 9.97 Å². The maximum absolute atomic E-state index is 12.3. The number of thiophene rings is 1. The average molecular weight is 323 g/mol. The Bertz CT molecular complexity index is 827. The molecule has 3 rings (SSSR count). The third-order valence-corrected chi connectivity index (χ3v) is 4.35. The Kier molecular flexibility index (Phi) is 4.78. The number of amides is 1. The summed E-state index contributed by atoms with van der Waals surface area (Å²) in [5, 5.41) is 2.02. The molecular formula is C18H17N3OS. The first-order valence-electron chi connectivity index (χ1n) is 7.47. The molecule has 5 heteroatoms. The lowest BCUT2D eigenvalue weighted by atomic mass is 10.3. The van der Waals surface area contributed by atoms with Crippen LogP contribution >= 0.6 is 11.3 Å². The molecule has 2 heterocycles. The Balaban J connectivity index is 1.72. The van der Waals surface area contributed by atoms with Crippen molar-refractivity contribution < 1.29 is 4.79 Å². The zero-order chi connectivity index (χ0) is 16.1. The molecule has 2 aromatic heterocycles. The number of hydrogen-bond donors (Lipinski definition) is 0. The fourth-order valence-electron chi connectivity index (χ4n) is 2.25. The molecule has 0 aliphatic carbocycles. The molecule has 1 amide bonds. The van der Waals surface area contributed by atoms with Crippen LogP contribution in [0, 0.1) is 0 Å². The molecule has 0 fully saturated rings. The maximum Gasteiger partial charge on any atom is 0.246 e. The van der Waals surface area contributed by atoms with Crippen molar-refractivity contribution in [1.82, 2.24) is 14.9 Å². The number of para-hydroxylation sites is 2. The van der Waals surface area contributed by atoms with Crippen molar-refractivity contribution in [3.63, 3.8) is 0 Å². The second-order valence-corrected chi connectivity index (χ2v) is 6.08. The summed E-state index contributed by atoms with van der Waals surface area (Å²) in [7, 11) is 0. The van der Waals surface area contributed by atoms with Crippen LogP contribution in [0.3, 0.4) is 0 Å². The van der Waals surface area contributed by atoms with Crippen LogP contribution in [0.25, 0.3) is 17.1 Å². The van der Waals surface area contributed by atoms with E-state index in [0.717, 1.165) is 11.0 Å². The van der Waals surface area contributed by atoms with Gasteiger partial charge < -0.3 is 4.90 Å². The minimum atomic E-state index is -0.0177. The number of nitrogens with zero attached hydrogens (tertiary/aromatic N) is 3. The van der Waals surface area contributed by atoms with Gasteiger partial charge in [0, 0.05) is 17.5 Å². The molecule has 0 spiro atoms. The average Bonchev–Trinajstić information content (AvgIpc) is 3.10. The monoisotopic (exact) mass is 323 g/mol. The topological polar surface area (TPSA) is 46.1 Å². The molecule has 0 aliphatic rings. The summed E-state index contributed by atoms with van der Waals surface area (Å²) in [6, 6.07) is 11.7. The molecule has 3 aromatic rings. The molecule has 0 aliphatic heterocycles. The van der Waals surface area contributed by atoms with Gasteiger partial charge in [0.05, 0.1) is 29.5 Å². The molecule has 116 valence electrons. The minimum Gasteiger partial charge on any atom is -0.334 e. The maximum atomic E-state index is 12.3. The van der Waals surface area contributed by atoms with Gasteiger partial charge in [0.1, 0.15) is 0 Å². The number of carbonyl (C=O) groups is 1. The second kappa shape index (κ2) is 7.15. The quantitative estimate of drug-likeness (QED) is 0.672. The van der Waals surface area contributed by atoms with Gasteiger partial charge in [0.25, 0.3) is 0 Å². The van der Waals surface area contributed by atoms with Crippen LogP contribution in [0.2, 0.25) is 0 Å². The Morgan fingerprint density at radius 2 is 2.04 bits per heavy atom. The normalized spacial score (nSPS) is 11.2. The lowest BCUT2D eigenvalue weighted by molar-refractivity contribution is -0.126. The van der Waals surface area contributed by atoms with Crippen molar-refractivity contribution in [1.29, 1.82) is 0 Å². The van der Waals surface area contributed by atoms with E-state index in [9.17, 15) is 4.79 Å². The lowest BCUT2D eigenvalue weighted by Gasteiger charge is -2.18. The van der Waals surface area contributed by atoms with Crippen LogP contribution in [0.4, 0.5) is 0 Å². The van der Waals surface area contributed by atoms with Crippen molar-refractivity contribution in [2.45, 2.75) is 13.5 Å². The Labute approximate surface area is 139 Å². The highest BCUT2D eigenvalue weighted by atomic mass is 32.1. The zero-order valence-corrected chi connectivity index (χ0v) is 13.7. The van der Waals surface area contributed by atoms with Crippen molar-refractivity contribution in [2.75, 3.05) is 6.54 Å². The highest BCUT2D eigenvalue weighted by Crippen LogP contribution is 2.13. The van der Waals surface area contributed by atoms with Gasteiger partial charge in [-0.25, -0.2) is 4.98 Å². The van der Waals surface area contributed by atoms with E-state index >= 15 is 0 Å². The molecule has 0 N–H and O–H groups in total. The first-order valence-corrected chi connectivity index (χ1v) is 8.35. The van der Waals surface area contributed by atoms with Crippen molar-refractivity contribution in [2.24, 2.45) is 0 Å². The molecule has 0 radical (unpaired) electrons. The van der Waals surface area contributed by atoms with E-state index < -0.39 is 0 Å². The minimum absolute atomic E-state index is 0.0177. The summed E-state index contributed by atoms with van der Waals surface area (Å²) in [5.41, 5.74) is 2.36. The molecule has 0 unspecified atom stereocenters. The van der Waals surface area contributed by atoms with Crippen LogP contribution in [-0.4, -0.2) is 27.3 Å². The largest absolute Gasteiger partial charge is 0.334 e. The number of likely N-dealkylation sites (N-methyl/N-ethyl adjacent to an activating group) is 1. The van der Waals surface area contributed by atoms with Gasteiger partial charge in [-0.2, -0.15) is 0 Å². The first kappa shape index (κ1) is 15.4. The van der Waals surface area contributed by atoms with Gasteiger partial charge >= 0.3 is 0 Å². The fourth-order valence-corrected chi connectivity index (χ4v) is 2.97. The van der Waals surface area contributed by atoms with Gasteiger partial charge in [-0.15, -0.1) is 11.3 Å². The number of aromatic nitrogens is 2. The molecule has 0 bridgehead atoms. The predicted molar refractivity (Wildman–Crippen MR) is 94.0 cm³/mol. The number of benzene rings is 1. The Morgan fingerprint density at radius 1 is 1.22 bits per heavy atom. The Morgan fingerprint density at radius 3 is 2.78 bits per heavy atom. The molecule has 4 nitrogen and oxygen atoms in total. The number of hydrogen-bond acceptors (Lipinski definition) is 4. The number of rotatable bonds is 5. The van der Waals surface area contributed by atoms with Crippen LogP contribution in [0.5, 0.6) is 0 Å². The van der Waals surface area contributed by atoms with Gasteiger partial charge in [0.15, 0.2) is 0 Å². The SMILES string of the molecule is CCN(Cc1cccs1)C(=O)/C=C/c1cnc2ccccc2n1. The van der Waals surface area contributed by atoms with E-state index in [1.807, 2.05) is 48.7 Å². The summed E-state index contributed by atoms with van der Waals surface area (Å²) in [6.45, 7) is 3.29. The Hall–Kier alpha value is -2.53. The van der Waals surface area contributed by atoms with Crippen molar-refractivity contribution in [3.8, 4) is 0 Å². The van der Waals surface area contributed by atoms with Gasteiger partial charge in [-0.1, -0.05) is 18.2 Å². The van der Waals surface area contributed by atoms with Crippen molar-refractivity contribution in [3.05, 3.63) is 64.6 Å². The summed E-state index contributed by atoms with van der Waals surface area (Å²) in [6.07, 6.45) is 4.97. The van der Waals surface area contributed by atoms with Gasteiger partial charge in [-0.3, -0.25) is 9.78 Å². The van der Waals surface area contributed by atoms with E-state index in [4.69, 9.17) is 0 Å². The third kappa shape index (κ3) is 3.81. The molecule has 0 atom stereocenters. The molecule has 0 saturated carbocycles. The first-order chi connectivity index (χ1) is 11.3. The highest BCUT2D eigenvalue weighted by molar-refractivity contribution is 7.09. The predicted octanol–water partition coefficient (Wildman–Crippen LogP) is 3.75. The lowest BCUT2D eigenvalue weighted by Crippen LogP contribution is -2.28. The third-order valence-electron chi connectivity index (χ3n) is 3.48. The summed E-state index contributed by atoms with van der Waals surface area (Å²) >= 11 is 1.66. The van der Waals surface area contributed by atoms with Gasteiger partial charge in [-0.05, 0) is 36.6 Å². The van der Waals surface area contributed by atoms with Gasteiger partial charge in [0.2, 0.25) is 5.91 Å². The second-order valence-electron chi connectivity index (χ2n) is 5.05. The van der Waals surface area contributed by atoms with Crippen LogP contribution < -0.4 is 0 Å². The van der Waals surface area contributed by atoms with Crippen LogP contribution in [-0.2, 0) is 11.3 Å². The summed E-state index contributed by atoms with van der Waals surface area (Å²) in [4.78, 5) is 24.2. The number of fused-ring (bicyclic) bond motifs is 1. The van der Waals surface area contributed by atoms with Crippen LogP contribution in [0.1, 0.15) is 17.5 Å². The van der Waals surface area contributed by atoms with E-state index in [-0.39, 0.29) is 5.91 Å². The standard InChI is InChI=1S/C18H17N3OS/c1-2-21(13-15-6-5-11-23-15)18(22)10-9-14-12-19-16-7-3-4-8-17(16)20-14/h3-12H,2,13H2,1H3/b10-9+. The highest BCUT2D eigenvalue weighted by Gasteiger charge is 2.09. The van der Waals surface area contributed by atoms with Crippen molar-refractivity contribution >= 4 is 34.4 Å². The zero-order valence-electron chi connectivity index (χ0n) is 12.8. The molecule has 23 heavy (non-hydrogen) atoms. The molecule has 0 saturated heterocycles. The fraction of sp³-hybridized carbons (Fsp3) is 0.167. The number of carbonyl (C=O) groups excluding carboxylic acids is 1. The van der Waals surface area contributed by atoms with E-state index in [1.165, 1.54) is 4.88 Å². The summed E-state index contributed by atoms with van der Waals surface area (Å²) < 4.78 is 0. The van der Waals surface area contributed by atoms with E-state index in [1.54, 1.807) is 34.6 Å². The molecule has 1 aromatic carbocycles. The smallest absolute Gasteiger partial charge is 0.246 e. The van der Waals surface area contributed by atoms with Crippen LogP contribution in [0.15, 0.2) is 54.1 Å². The molecular weight excluding hydrogens is 306 g/mol. The van der Waals surface area contributed by atoms with E-state index in [0.29, 0.717) is 18.8 Å².